The molecule has 0 heterocycles. The van der Waals surface area contributed by atoms with E-state index in [1.165, 1.54) is 39.0 Å². The van der Waals surface area contributed by atoms with Gasteiger partial charge in [-0.3, -0.25) is 4.79 Å². The van der Waals surface area contributed by atoms with E-state index in [1.807, 2.05) is 0 Å². The van der Waals surface area contributed by atoms with Crippen molar-refractivity contribution in [2.75, 3.05) is 6.26 Å². The van der Waals surface area contributed by atoms with Crippen molar-refractivity contribution in [2.45, 2.75) is 57.9 Å². The Kier molecular flexibility index (Phi) is 5.59. The fraction of sp³-hybridized carbons (Fsp3) is 0.917. The Morgan fingerprint density at radius 1 is 1.29 bits per heavy atom. The summed E-state index contributed by atoms with van der Waals surface area (Å²) in [4.78, 5) is 11.4. The van der Waals surface area contributed by atoms with Crippen LogP contribution in [0.3, 0.4) is 0 Å². The van der Waals surface area contributed by atoms with Crippen molar-refractivity contribution in [3.05, 3.63) is 0 Å². The van der Waals surface area contributed by atoms with E-state index < -0.39 is 16.1 Å². The highest BCUT2D eigenvalue weighted by molar-refractivity contribution is 7.88. The van der Waals surface area contributed by atoms with Gasteiger partial charge in [0.25, 0.3) is 0 Å². The standard InChI is InChI=1S/C12H23NO3S/c1-10(14)12(13-17(2,15)16)9-8-11-6-4-3-5-7-11/h11-13H,3-9H2,1-2H3/t12-/m1/s1. The Morgan fingerprint density at radius 2 is 1.88 bits per heavy atom. The number of carbonyl (C=O) groups excluding carboxylic acids is 1. The number of Topliss-reactive ketones (excluding diaryl/α,β-unsaturated/α-hetero) is 1. The molecular weight excluding hydrogens is 238 g/mol. The first-order valence-electron chi connectivity index (χ1n) is 6.36. The molecule has 0 aromatic heterocycles. The molecule has 100 valence electrons. The van der Waals surface area contributed by atoms with Crippen LogP contribution >= 0.6 is 0 Å². The van der Waals surface area contributed by atoms with Gasteiger partial charge >= 0.3 is 0 Å². The lowest BCUT2D eigenvalue weighted by Gasteiger charge is -2.23. The first-order chi connectivity index (χ1) is 7.88. The summed E-state index contributed by atoms with van der Waals surface area (Å²) in [6, 6.07) is -0.535. The van der Waals surface area contributed by atoms with Crippen LogP contribution < -0.4 is 4.72 Å². The Morgan fingerprint density at radius 3 is 2.35 bits per heavy atom. The molecule has 0 radical (unpaired) electrons. The minimum atomic E-state index is -3.29. The summed E-state index contributed by atoms with van der Waals surface area (Å²) in [6.45, 7) is 1.45. The van der Waals surface area contributed by atoms with Gasteiger partial charge in [-0.1, -0.05) is 32.1 Å². The van der Waals surface area contributed by atoms with Crippen molar-refractivity contribution >= 4 is 15.8 Å². The number of nitrogens with one attached hydrogen (secondary N) is 1. The normalized spacial score (nSPS) is 20.1. The van der Waals surface area contributed by atoms with Crippen LogP contribution in [-0.2, 0) is 14.8 Å². The third kappa shape index (κ3) is 6.17. The average molecular weight is 261 g/mol. The zero-order valence-electron chi connectivity index (χ0n) is 10.7. The molecule has 1 saturated carbocycles. The number of carbonyl (C=O) groups is 1. The van der Waals surface area contributed by atoms with Gasteiger partial charge in [0.05, 0.1) is 12.3 Å². The summed E-state index contributed by atoms with van der Waals surface area (Å²) in [5.41, 5.74) is 0. The Hall–Kier alpha value is -0.420. The van der Waals surface area contributed by atoms with E-state index in [4.69, 9.17) is 0 Å². The van der Waals surface area contributed by atoms with Crippen LogP contribution in [0, 0.1) is 5.92 Å². The summed E-state index contributed by atoms with van der Waals surface area (Å²) in [6.07, 6.45) is 8.99. The molecule has 0 saturated heterocycles. The maximum atomic E-state index is 11.4. The Bertz CT molecular complexity index is 345. The highest BCUT2D eigenvalue weighted by atomic mass is 32.2. The largest absolute Gasteiger partial charge is 0.298 e. The van der Waals surface area contributed by atoms with E-state index >= 15 is 0 Å². The van der Waals surface area contributed by atoms with E-state index in [0.29, 0.717) is 12.3 Å². The lowest BCUT2D eigenvalue weighted by atomic mass is 9.85. The number of hydrogen-bond donors (Lipinski definition) is 1. The average Bonchev–Trinajstić information content (AvgIpc) is 2.24. The number of ketones is 1. The van der Waals surface area contributed by atoms with Crippen LogP contribution in [0.5, 0.6) is 0 Å². The smallest absolute Gasteiger partial charge is 0.209 e. The molecule has 0 bridgehead atoms. The third-order valence-electron chi connectivity index (χ3n) is 3.44. The third-order valence-corrected chi connectivity index (χ3v) is 4.15. The molecule has 0 amide bonds. The lowest BCUT2D eigenvalue weighted by Crippen LogP contribution is -2.39. The van der Waals surface area contributed by atoms with E-state index in [0.717, 1.165) is 12.7 Å². The fourth-order valence-corrected chi connectivity index (χ4v) is 3.28. The fourth-order valence-electron chi connectivity index (χ4n) is 2.48. The predicted octanol–water partition coefficient (Wildman–Crippen LogP) is 1.85. The van der Waals surface area contributed by atoms with E-state index in [2.05, 4.69) is 4.72 Å². The SMILES string of the molecule is CC(=O)[C@@H](CCC1CCCCC1)NS(C)(=O)=O. The molecule has 0 aromatic carbocycles. The first-order valence-corrected chi connectivity index (χ1v) is 8.25. The molecule has 4 nitrogen and oxygen atoms in total. The van der Waals surface area contributed by atoms with Crippen LogP contribution in [0.2, 0.25) is 0 Å². The minimum Gasteiger partial charge on any atom is -0.298 e. The molecule has 1 atom stereocenters. The highest BCUT2D eigenvalue weighted by Gasteiger charge is 2.21. The maximum absolute atomic E-state index is 11.4. The van der Waals surface area contributed by atoms with E-state index in [9.17, 15) is 13.2 Å². The van der Waals surface area contributed by atoms with Crippen LogP contribution in [0.4, 0.5) is 0 Å². The summed E-state index contributed by atoms with van der Waals surface area (Å²) >= 11 is 0. The summed E-state index contributed by atoms with van der Waals surface area (Å²) in [5, 5.41) is 0. The minimum absolute atomic E-state index is 0.0914. The number of hydrogen-bond acceptors (Lipinski definition) is 3. The van der Waals surface area contributed by atoms with Gasteiger partial charge in [0.1, 0.15) is 5.78 Å². The Labute approximate surface area is 104 Å². The van der Waals surface area contributed by atoms with Crippen LogP contribution in [0.25, 0.3) is 0 Å². The molecule has 0 aromatic rings. The lowest BCUT2D eigenvalue weighted by molar-refractivity contribution is -0.118. The van der Waals surface area contributed by atoms with Gasteiger partial charge in [0.15, 0.2) is 0 Å². The van der Waals surface area contributed by atoms with Crippen molar-refractivity contribution in [2.24, 2.45) is 5.92 Å². The maximum Gasteiger partial charge on any atom is 0.209 e. The molecule has 1 N–H and O–H groups in total. The van der Waals surface area contributed by atoms with Crippen LogP contribution in [-0.4, -0.2) is 26.5 Å². The molecule has 1 aliphatic rings. The van der Waals surface area contributed by atoms with Gasteiger partial charge in [-0.25, -0.2) is 13.1 Å². The molecule has 1 aliphatic carbocycles. The quantitative estimate of drug-likeness (QED) is 0.793. The van der Waals surface area contributed by atoms with Crippen molar-refractivity contribution in [1.82, 2.24) is 4.72 Å². The van der Waals surface area contributed by atoms with Crippen molar-refractivity contribution in [3.8, 4) is 0 Å². The molecule has 0 unspecified atom stereocenters. The van der Waals surface area contributed by atoms with Gasteiger partial charge in [-0.05, 0) is 25.7 Å². The number of sulfonamides is 1. The molecule has 17 heavy (non-hydrogen) atoms. The topological polar surface area (TPSA) is 63.2 Å². The van der Waals surface area contributed by atoms with Crippen molar-refractivity contribution in [1.29, 1.82) is 0 Å². The summed E-state index contributed by atoms with van der Waals surface area (Å²) < 4.78 is 24.7. The van der Waals surface area contributed by atoms with Crippen LogP contribution in [0.1, 0.15) is 51.9 Å². The van der Waals surface area contributed by atoms with Crippen LogP contribution in [0.15, 0.2) is 0 Å². The van der Waals surface area contributed by atoms with Gasteiger partial charge in [-0.15, -0.1) is 0 Å². The van der Waals surface area contributed by atoms with Gasteiger partial charge < -0.3 is 0 Å². The van der Waals surface area contributed by atoms with Gasteiger partial charge in [0, 0.05) is 0 Å². The Balaban J connectivity index is 2.41. The molecule has 0 spiro atoms. The van der Waals surface area contributed by atoms with E-state index in [-0.39, 0.29) is 5.78 Å². The highest BCUT2D eigenvalue weighted by Crippen LogP contribution is 2.27. The molecule has 1 rings (SSSR count). The second-order valence-corrected chi connectivity index (χ2v) is 6.91. The zero-order chi connectivity index (χ0) is 12.9. The monoisotopic (exact) mass is 261 g/mol. The van der Waals surface area contributed by atoms with Crippen molar-refractivity contribution in [3.63, 3.8) is 0 Å². The van der Waals surface area contributed by atoms with E-state index in [1.54, 1.807) is 0 Å². The predicted molar refractivity (Wildman–Crippen MR) is 68.3 cm³/mol. The molecule has 5 heteroatoms. The van der Waals surface area contributed by atoms with Gasteiger partial charge in [-0.2, -0.15) is 0 Å². The molecular formula is C12H23NO3S. The zero-order valence-corrected chi connectivity index (χ0v) is 11.6. The number of rotatable bonds is 6. The molecule has 1 fully saturated rings. The second-order valence-electron chi connectivity index (χ2n) is 5.13. The first kappa shape index (κ1) is 14.6. The summed E-state index contributed by atoms with van der Waals surface area (Å²) in [7, 11) is -3.29. The second kappa shape index (κ2) is 6.50. The molecule has 0 aliphatic heterocycles. The van der Waals surface area contributed by atoms with Gasteiger partial charge in [0.2, 0.25) is 10.0 Å². The van der Waals surface area contributed by atoms with Crippen molar-refractivity contribution < 1.29 is 13.2 Å². The summed E-state index contributed by atoms with van der Waals surface area (Å²) in [5.74, 6) is 0.582.